The third-order valence-corrected chi connectivity index (χ3v) is 4.10. The van der Waals surface area contributed by atoms with Crippen LogP contribution in [0.3, 0.4) is 0 Å². The van der Waals surface area contributed by atoms with Gasteiger partial charge in [0.05, 0.1) is 11.4 Å². The van der Waals surface area contributed by atoms with Crippen molar-refractivity contribution in [1.29, 1.82) is 0 Å². The summed E-state index contributed by atoms with van der Waals surface area (Å²) >= 11 is 1.53. The van der Waals surface area contributed by atoms with Gasteiger partial charge >= 0.3 is 0 Å². The maximum absolute atomic E-state index is 12.2. The van der Waals surface area contributed by atoms with Crippen LogP contribution in [0.5, 0.6) is 0 Å². The average Bonchev–Trinajstić information content (AvgIpc) is 3.17. The van der Waals surface area contributed by atoms with Crippen molar-refractivity contribution in [2.75, 3.05) is 0 Å². The molecular formula is C16H15N3O2S. The van der Waals surface area contributed by atoms with E-state index in [4.69, 9.17) is 4.52 Å². The summed E-state index contributed by atoms with van der Waals surface area (Å²) in [5.41, 5.74) is 2.66. The predicted molar refractivity (Wildman–Crippen MR) is 84.7 cm³/mol. The van der Waals surface area contributed by atoms with Crippen molar-refractivity contribution in [1.82, 2.24) is 15.5 Å². The lowest BCUT2D eigenvalue weighted by molar-refractivity contribution is 0.0949. The molecule has 0 saturated heterocycles. The van der Waals surface area contributed by atoms with Gasteiger partial charge in [-0.3, -0.25) is 4.79 Å². The van der Waals surface area contributed by atoms with Crippen LogP contribution in [0.4, 0.5) is 0 Å². The van der Waals surface area contributed by atoms with Crippen molar-refractivity contribution in [2.24, 2.45) is 0 Å². The number of nitrogens with zero attached hydrogens (tertiary/aromatic N) is 2. The van der Waals surface area contributed by atoms with E-state index in [-0.39, 0.29) is 12.5 Å². The van der Waals surface area contributed by atoms with E-state index in [1.54, 1.807) is 0 Å². The summed E-state index contributed by atoms with van der Waals surface area (Å²) in [6.07, 6.45) is 0. The SMILES string of the molecule is Cc1ccc(C)c(C(=O)NCc2noc(-c3cccs3)n2)c1. The molecule has 0 fully saturated rings. The molecule has 112 valence electrons. The zero-order valence-corrected chi connectivity index (χ0v) is 13.1. The summed E-state index contributed by atoms with van der Waals surface area (Å²) in [4.78, 5) is 17.4. The van der Waals surface area contributed by atoms with Gasteiger partial charge in [0.25, 0.3) is 11.8 Å². The van der Waals surface area contributed by atoms with Crippen LogP contribution in [0.25, 0.3) is 10.8 Å². The van der Waals surface area contributed by atoms with E-state index in [0.29, 0.717) is 17.3 Å². The van der Waals surface area contributed by atoms with Crippen molar-refractivity contribution < 1.29 is 9.32 Å². The van der Waals surface area contributed by atoms with Crippen LogP contribution in [0.15, 0.2) is 40.2 Å². The zero-order valence-electron chi connectivity index (χ0n) is 12.3. The highest BCUT2D eigenvalue weighted by Gasteiger charge is 2.12. The molecule has 1 aromatic carbocycles. The molecule has 1 amide bonds. The lowest BCUT2D eigenvalue weighted by Gasteiger charge is -2.06. The number of amides is 1. The molecule has 0 aliphatic rings. The molecule has 5 nitrogen and oxygen atoms in total. The van der Waals surface area contributed by atoms with Crippen molar-refractivity contribution in [2.45, 2.75) is 20.4 Å². The van der Waals surface area contributed by atoms with Crippen molar-refractivity contribution in [3.05, 3.63) is 58.2 Å². The van der Waals surface area contributed by atoms with Gasteiger partial charge in [-0.25, -0.2) is 0 Å². The van der Waals surface area contributed by atoms with Crippen molar-refractivity contribution in [3.63, 3.8) is 0 Å². The molecular weight excluding hydrogens is 298 g/mol. The van der Waals surface area contributed by atoms with Crippen LogP contribution in [-0.4, -0.2) is 16.0 Å². The molecule has 3 rings (SSSR count). The normalized spacial score (nSPS) is 10.6. The first kappa shape index (κ1) is 14.5. The summed E-state index contributed by atoms with van der Waals surface area (Å²) in [5.74, 6) is 0.803. The molecule has 0 radical (unpaired) electrons. The first-order valence-electron chi connectivity index (χ1n) is 6.85. The van der Waals surface area contributed by atoms with E-state index in [2.05, 4.69) is 15.5 Å². The summed E-state index contributed by atoms with van der Waals surface area (Å²) < 4.78 is 5.19. The van der Waals surface area contributed by atoms with Crippen LogP contribution < -0.4 is 5.32 Å². The van der Waals surface area contributed by atoms with Crippen LogP contribution >= 0.6 is 11.3 Å². The maximum Gasteiger partial charge on any atom is 0.268 e. The lowest BCUT2D eigenvalue weighted by Crippen LogP contribution is -2.24. The number of hydrogen-bond donors (Lipinski definition) is 1. The molecule has 3 aromatic rings. The number of nitrogens with one attached hydrogen (secondary N) is 1. The Bertz CT molecular complexity index is 794. The number of carbonyl (C=O) groups excluding carboxylic acids is 1. The van der Waals surface area contributed by atoms with Gasteiger partial charge < -0.3 is 9.84 Å². The maximum atomic E-state index is 12.2. The van der Waals surface area contributed by atoms with Gasteiger partial charge in [0, 0.05) is 5.56 Å². The summed E-state index contributed by atoms with van der Waals surface area (Å²) in [6.45, 7) is 4.11. The van der Waals surface area contributed by atoms with Gasteiger partial charge in [-0.1, -0.05) is 28.9 Å². The van der Waals surface area contributed by atoms with Crippen LogP contribution in [0.2, 0.25) is 0 Å². The molecule has 0 spiro atoms. The number of hydrogen-bond acceptors (Lipinski definition) is 5. The third kappa shape index (κ3) is 3.07. The Morgan fingerprint density at radius 3 is 2.95 bits per heavy atom. The van der Waals surface area contributed by atoms with E-state index in [1.165, 1.54) is 11.3 Å². The molecule has 2 aromatic heterocycles. The second-order valence-electron chi connectivity index (χ2n) is 4.99. The topological polar surface area (TPSA) is 68.0 Å². The fraction of sp³-hybridized carbons (Fsp3) is 0.188. The standard InChI is InChI=1S/C16H15N3O2S/c1-10-5-6-11(2)12(8-10)15(20)17-9-14-18-16(21-19-14)13-4-3-7-22-13/h3-8H,9H2,1-2H3,(H,17,20). The van der Waals surface area contributed by atoms with E-state index in [9.17, 15) is 4.79 Å². The number of carbonyl (C=O) groups is 1. The van der Waals surface area contributed by atoms with Gasteiger partial charge in [-0.15, -0.1) is 11.3 Å². The summed E-state index contributed by atoms with van der Waals surface area (Å²) in [6, 6.07) is 9.63. The fourth-order valence-electron chi connectivity index (χ4n) is 2.06. The fourth-order valence-corrected chi connectivity index (χ4v) is 2.71. The molecule has 6 heteroatoms. The highest BCUT2D eigenvalue weighted by Crippen LogP contribution is 2.22. The Balaban J connectivity index is 1.67. The molecule has 0 saturated carbocycles. The Labute approximate surface area is 132 Å². The van der Waals surface area contributed by atoms with E-state index in [0.717, 1.165) is 16.0 Å². The summed E-state index contributed by atoms with van der Waals surface area (Å²) in [7, 11) is 0. The Morgan fingerprint density at radius 1 is 1.32 bits per heavy atom. The Kier molecular flexibility index (Phi) is 4.02. The van der Waals surface area contributed by atoms with Crippen LogP contribution in [-0.2, 0) is 6.54 Å². The van der Waals surface area contributed by atoms with Gasteiger partial charge in [0.2, 0.25) is 0 Å². The molecule has 0 aliphatic heterocycles. The quantitative estimate of drug-likeness (QED) is 0.802. The second-order valence-corrected chi connectivity index (χ2v) is 5.94. The minimum atomic E-state index is -0.135. The predicted octanol–water partition coefficient (Wildman–Crippen LogP) is 3.34. The first-order valence-corrected chi connectivity index (χ1v) is 7.73. The number of rotatable bonds is 4. The number of aryl methyl sites for hydroxylation is 2. The monoisotopic (exact) mass is 313 g/mol. The third-order valence-electron chi connectivity index (χ3n) is 3.24. The van der Waals surface area contributed by atoms with Crippen molar-refractivity contribution >= 4 is 17.2 Å². The lowest BCUT2D eigenvalue weighted by atomic mass is 10.1. The molecule has 0 unspecified atom stereocenters. The minimum absolute atomic E-state index is 0.135. The van der Waals surface area contributed by atoms with E-state index in [1.807, 2.05) is 49.6 Å². The largest absolute Gasteiger partial charge is 0.345 e. The molecule has 1 N–H and O–H groups in total. The van der Waals surface area contributed by atoms with Gasteiger partial charge in [0.15, 0.2) is 5.82 Å². The smallest absolute Gasteiger partial charge is 0.268 e. The van der Waals surface area contributed by atoms with E-state index < -0.39 is 0 Å². The van der Waals surface area contributed by atoms with Crippen LogP contribution in [0.1, 0.15) is 27.3 Å². The molecule has 0 aliphatic carbocycles. The average molecular weight is 313 g/mol. The molecule has 0 bridgehead atoms. The highest BCUT2D eigenvalue weighted by molar-refractivity contribution is 7.13. The van der Waals surface area contributed by atoms with E-state index >= 15 is 0 Å². The second kappa shape index (κ2) is 6.11. The zero-order chi connectivity index (χ0) is 15.5. The molecule has 22 heavy (non-hydrogen) atoms. The number of benzene rings is 1. The number of aromatic nitrogens is 2. The van der Waals surface area contributed by atoms with Gasteiger partial charge in [0.1, 0.15) is 0 Å². The number of thiophene rings is 1. The Hall–Kier alpha value is -2.47. The van der Waals surface area contributed by atoms with Crippen LogP contribution in [0, 0.1) is 13.8 Å². The molecule has 2 heterocycles. The highest BCUT2D eigenvalue weighted by atomic mass is 32.1. The Morgan fingerprint density at radius 2 is 2.18 bits per heavy atom. The summed E-state index contributed by atoms with van der Waals surface area (Å²) in [5, 5.41) is 8.65. The van der Waals surface area contributed by atoms with Gasteiger partial charge in [-0.05, 0) is 36.9 Å². The van der Waals surface area contributed by atoms with Gasteiger partial charge in [-0.2, -0.15) is 4.98 Å². The van der Waals surface area contributed by atoms with Crippen molar-refractivity contribution in [3.8, 4) is 10.8 Å². The minimum Gasteiger partial charge on any atom is -0.345 e. The molecule has 0 atom stereocenters. The first-order chi connectivity index (χ1) is 10.6.